The summed E-state index contributed by atoms with van der Waals surface area (Å²) in [4.78, 5) is 28.8. The van der Waals surface area contributed by atoms with Crippen LogP contribution in [0.25, 0.3) is 10.9 Å². The zero-order chi connectivity index (χ0) is 19.4. The normalized spacial score (nSPS) is 18.0. The average Bonchev–Trinajstić information content (AvgIpc) is 3.04. The highest BCUT2D eigenvalue weighted by Gasteiger charge is 2.42. The van der Waals surface area contributed by atoms with Gasteiger partial charge >= 0.3 is 0 Å². The Bertz CT molecular complexity index is 1120. The summed E-state index contributed by atoms with van der Waals surface area (Å²) in [6.45, 7) is 1.19. The number of nitrogens with zero attached hydrogens (tertiary/aromatic N) is 3. The van der Waals surface area contributed by atoms with Gasteiger partial charge < -0.3 is 20.1 Å². The summed E-state index contributed by atoms with van der Waals surface area (Å²) >= 11 is 0. The molecule has 0 fully saturated rings. The maximum Gasteiger partial charge on any atom is 0.257 e. The number of fused-ring (bicyclic) bond motifs is 6. The van der Waals surface area contributed by atoms with Crippen LogP contribution in [-0.2, 0) is 17.8 Å². The Morgan fingerprint density at radius 1 is 1.14 bits per heavy atom. The van der Waals surface area contributed by atoms with Crippen LogP contribution >= 0.6 is 0 Å². The Morgan fingerprint density at radius 3 is 2.71 bits per heavy atom. The molecule has 6 nitrogen and oxygen atoms in total. The quantitative estimate of drug-likeness (QED) is 0.766. The number of aromatic nitrogens is 1. The zero-order valence-corrected chi connectivity index (χ0v) is 15.8. The zero-order valence-electron chi connectivity index (χ0n) is 15.8. The maximum atomic E-state index is 13.2. The molecule has 2 aliphatic rings. The molecule has 1 atom stereocenters. The van der Waals surface area contributed by atoms with E-state index in [1.807, 2.05) is 48.3 Å². The van der Waals surface area contributed by atoms with Crippen LogP contribution in [0.3, 0.4) is 0 Å². The van der Waals surface area contributed by atoms with E-state index in [0.29, 0.717) is 13.1 Å². The first kappa shape index (κ1) is 16.9. The van der Waals surface area contributed by atoms with Crippen LogP contribution in [0.2, 0.25) is 0 Å². The van der Waals surface area contributed by atoms with Gasteiger partial charge in [0.1, 0.15) is 6.17 Å². The molecule has 2 amide bonds. The number of rotatable bonds is 3. The third-order valence-electron chi connectivity index (χ3n) is 5.99. The lowest BCUT2D eigenvalue weighted by Gasteiger charge is -2.46. The summed E-state index contributed by atoms with van der Waals surface area (Å²) in [7, 11) is 2.04. The first-order valence-corrected chi connectivity index (χ1v) is 9.59. The fourth-order valence-corrected chi connectivity index (χ4v) is 4.77. The van der Waals surface area contributed by atoms with Gasteiger partial charge in [-0.15, -0.1) is 0 Å². The van der Waals surface area contributed by atoms with Crippen LogP contribution in [0, 0.1) is 0 Å². The van der Waals surface area contributed by atoms with Crippen molar-refractivity contribution in [2.45, 2.75) is 25.6 Å². The van der Waals surface area contributed by atoms with E-state index in [1.54, 1.807) is 0 Å². The van der Waals surface area contributed by atoms with Gasteiger partial charge in [0.25, 0.3) is 5.91 Å². The minimum atomic E-state index is -0.322. The van der Waals surface area contributed by atoms with Crippen molar-refractivity contribution < 1.29 is 9.59 Å². The van der Waals surface area contributed by atoms with E-state index < -0.39 is 0 Å². The number of carbonyl (C=O) groups is 2. The summed E-state index contributed by atoms with van der Waals surface area (Å²) in [5.74, 6) is -0.256. The van der Waals surface area contributed by atoms with Gasteiger partial charge in [-0.1, -0.05) is 30.3 Å². The number of nitrogens with two attached hydrogens (primary N) is 1. The molecule has 28 heavy (non-hydrogen) atoms. The number of amides is 2. The predicted octanol–water partition coefficient (Wildman–Crippen LogP) is 2.66. The lowest BCUT2D eigenvalue weighted by Crippen LogP contribution is -2.51. The molecule has 0 saturated carbocycles. The lowest BCUT2D eigenvalue weighted by molar-refractivity contribution is -0.118. The van der Waals surface area contributed by atoms with Crippen molar-refractivity contribution in [1.82, 2.24) is 9.47 Å². The highest BCUT2D eigenvalue weighted by Crippen LogP contribution is 2.44. The molecule has 2 aliphatic heterocycles. The number of anilines is 1. The molecule has 2 aromatic carbocycles. The van der Waals surface area contributed by atoms with E-state index in [0.717, 1.165) is 28.9 Å². The molecule has 142 valence electrons. The monoisotopic (exact) mass is 374 g/mol. The van der Waals surface area contributed by atoms with Gasteiger partial charge in [-0.25, -0.2) is 0 Å². The minimum Gasteiger partial charge on any atom is -0.370 e. The van der Waals surface area contributed by atoms with Crippen molar-refractivity contribution in [3.05, 3.63) is 65.4 Å². The molecule has 3 heterocycles. The number of aryl methyl sites for hydroxylation is 1. The van der Waals surface area contributed by atoms with Gasteiger partial charge in [0.15, 0.2) is 0 Å². The van der Waals surface area contributed by atoms with Crippen LogP contribution in [0.15, 0.2) is 48.5 Å². The molecule has 3 aromatic rings. The Hall–Kier alpha value is -3.28. The number of hydrogen-bond donors (Lipinski definition) is 1. The Morgan fingerprint density at radius 2 is 1.89 bits per heavy atom. The van der Waals surface area contributed by atoms with Crippen molar-refractivity contribution in [3.63, 3.8) is 0 Å². The van der Waals surface area contributed by atoms with Crippen molar-refractivity contribution in [2.75, 3.05) is 18.5 Å². The third kappa shape index (κ3) is 2.27. The summed E-state index contributed by atoms with van der Waals surface area (Å²) in [6, 6.07) is 16.0. The molecule has 5 rings (SSSR count). The topological polar surface area (TPSA) is 71.6 Å². The Balaban J connectivity index is 1.74. The van der Waals surface area contributed by atoms with Crippen molar-refractivity contribution in [3.8, 4) is 0 Å². The number of hydrogen-bond acceptors (Lipinski definition) is 3. The van der Waals surface area contributed by atoms with Crippen LogP contribution in [-0.4, -0.2) is 34.9 Å². The van der Waals surface area contributed by atoms with E-state index in [9.17, 15) is 9.59 Å². The van der Waals surface area contributed by atoms with Crippen LogP contribution in [0.1, 0.15) is 34.2 Å². The summed E-state index contributed by atoms with van der Waals surface area (Å²) in [6.07, 6.45) is 0.885. The smallest absolute Gasteiger partial charge is 0.257 e. The average molecular weight is 374 g/mol. The fraction of sp³-hybridized carbons (Fsp3) is 0.273. The lowest BCUT2D eigenvalue weighted by atomic mass is 9.96. The third-order valence-corrected chi connectivity index (χ3v) is 5.99. The molecule has 0 saturated heterocycles. The SMILES string of the molecule is CN1c2ccccc2C(=O)N2CCc3c(n(CCC(N)=O)c4ccccc34)[C@H]21. The molecule has 0 radical (unpaired) electrons. The highest BCUT2D eigenvalue weighted by atomic mass is 16.2. The standard InChI is InChI=1S/C22H22N4O2/c1-24-17-8-4-3-7-16(17)22(28)26-12-10-15-14-6-2-5-9-18(14)25(13-11-19(23)27)20(15)21(24)26/h2-9,21H,10-13H2,1H3,(H2,23,27)/t21-/m0/s1. The van der Waals surface area contributed by atoms with E-state index in [1.165, 1.54) is 10.9 Å². The number of carbonyl (C=O) groups excluding carboxylic acids is 2. The summed E-state index contributed by atoms with van der Waals surface area (Å²) in [5, 5.41) is 1.20. The maximum absolute atomic E-state index is 13.2. The summed E-state index contributed by atoms with van der Waals surface area (Å²) < 4.78 is 2.18. The second-order valence-corrected chi connectivity index (χ2v) is 7.50. The summed E-state index contributed by atoms with van der Waals surface area (Å²) in [5.41, 5.74) is 10.6. The van der Waals surface area contributed by atoms with E-state index >= 15 is 0 Å². The molecule has 0 unspecified atom stereocenters. The van der Waals surface area contributed by atoms with Gasteiger partial charge in [0, 0.05) is 37.5 Å². The predicted molar refractivity (Wildman–Crippen MR) is 108 cm³/mol. The Kier molecular flexibility index (Phi) is 3.69. The van der Waals surface area contributed by atoms with E-state index in [-0.39, 0.29) is 24.4 Å². The number of para-hydroxylation sites is 2. The minimum absolute atomic E-state index is 0.0658. The van der Waals surface area contributed by atoms with E-state index in [4.69, 9.17) is 5.73 Å². The second-order valence-electron chi connectivity index (χ2n) is 7.50. The van der Waals surface area contributed by atoms with E-state index in [2.05, 4.69) is 21.6 Å². The molecular weight excluding hydrogens is 352 g/mol. The molecular formula is C22H22N4O2. The van der Waals surface area contributed by atoms with Gasteiger partial charge in [0.05, 0.1) is 16.9 Å². The number of primary amides is 1. The molecule has 0 aliphatic carbocycles. The van der Waals surface area contributed by atoms with Gasteiger partial charge in [-0.2, -0.15) is 0 Å². The first-order valence-electron chi connectivity index (χ1n) is 9.59. The second kappa shape index (κ2) is 6.12. The molecule has 1 aromatic heterocycles. The Labute approximate surface area is 163 Å². The van der Waals surface area contributed by atoms with Gasteiger partial charge in [0.2, 0.25) is 5.91 Å². The van der Waals surface area contributed by atoms with Crippen LogP contribution in [0.4, 0.5) is 5.69 Å². The first-order chi connectivity index (χ1) is 13.6. The molecule has 6 heteroatoms. The molecule has 0 bridgehead atoms. The van der Waals surface area contributed by atoms with Crippen LogP contribution in [0.5, 0.6) is 0 Å². The highest BCUT2D eigenvalue weighted by molar-refractivity contribution is 6.02. The molecule has 0 spiro atoms. The largest absolute Gasteiger partial charge is 0.370 e. The van der Waals surface area contributed by atoms with Gasteiger partial charge in [-0.3, -0.25) is 9.59 Å². The van der Waals surface area contributed by atoms with Crippen molar-refractivity contribution in [2.24, 2.45) is 5.73 Å². The number of benzene rings is 2. The molecule has 2 N–H and O–H groups in total. The van der Waals surface area contributed by atoms with Crippen molar-refractivity contribution in [1.29, 1.82) is 0 Å². The van der Waals surface area contributed by atoms with Crippen molar-refractivity contribution >= 4 is 28.4 Å². The fourth-order valence-electron chi connectivity index (χ4n) is 4.77. The van der Waals surface area contributed by atoms with Crippen LogP contribution < -0.4 is 10.6 Å². The van der Waals surface area contributed by atoms with Gasteiger partial charge in [-0.05, 0) is 30.2 Å².